The molecule has 5 aromatic carbocycles. The van der Waals surface area contributed by atoms with Crippen molar-refractivity contribution in [2.45, 2.75) is 25.2 Å². The first-order valence-corrected chi connectivity index (χ1v) is 18.0. The van der Waals surface area contributed by atoms with Crippen LogP contribution >= 0.6 is 11.8 Å². The number of ketones is 1. The van der Waals surface area contributed by atoms with Crippen LogP contribution in [0.2, 0.25) is 0 Å². The summed E-state index contributed by atoms with van der Waals surface area (Å²) >= 11 is 0.829. The predicted molar refractivity (Wildman–Crippen MR) is 204 cm³/mol. The fraction of sp³-hybridized carbons (Fsp3) is 0.140. The van der Waals surface area contributed by atoms with Crippen LogP contribution in [0.4, 0.5) is 4.79 Å². The van der Waals surface area contributed by atoms with Crippen LogP contribution in [0.1, 0.15) is 54.2 Å². The Morgan fingerprint density at radius 2 is 1.38 bits per heavy atom. The first-order valence-electron chi connectivity index (χ1n) is 17.2. The van der Waals surface area contributed by atoms with Gasteiger partial charge in [0, 0.05) is 35.3 Å². The molecule has 4 amide bonds. The second-order valence-corrected chi connectivity index (χ2v) is 13.8. The van der Waals surface area contributed by atoms with Crippen LogP contribution in [0.3, 0.4) is 0 Å². The molecule has 2 aliphatic rings. The molecule has 53 heavy (non-hydrogen) atoms. The van der Waals surface area contributed by atoms with Gasteiger partial charge < -0.3 is 15.0 Å². The standard InChI is InChI=1S/C43H35N3O6S/c47-39(30-11-5-2-6-12-30)31-19-21-33(22-20-31)42(50)46-26-36(52-27-34-13-7-8-14-37(34)29-9-3-1-4-10-29)24-35(46)25-44-40(48)32-17-15-28(16-18-32)23-38-41(49)45-43(51)53-38/h1-23,35-36H,24-27H2,(H,44,48)(H,45,49,51)/b38-23+/t35-,36+/m0/s1. The Bertz CT molecular complexity index is 2190. The minimum absolute atomic E-state index is 0.127. The van der Waals surface area contributed by atoms with Crippen molar-refractivity contribution in [1.82, 2.24) is 15.5 Å². The van der Waals surface area contributed by atoms with Crippen LogP contribution in [-0.4, -0.2) is 58.9 Å². The van der Waals surface area contributed by atoms with E-state index in [0.29, 0.717) is 47.4 Å². The van der Waals surface area contributed by atoms with E-state index in [0.717, 1.165) is 28.5 Å². The van der Waals surface area contributed by atoms with Gasteiger partial charge in [0.15, 0.2) is 5.78 Å². The number of carbonyl (C=O) groups excluding carboxylic acids is 5. The lowest BCUT2D eigenvalue weighted by Gasteiger charge is -2.25. The number of rotatable bonds is 11. The molecule has 2 fully saturated rings. The molecular formula is C43H35N3O6S. The second kappa shape index (κ2) is 16.1. The first-order chi connectivity index (χ1) is 25.8. The van der Waals surface area contributed by atoms with E-state index in [1.54, 1.807) is 71.6 Å². The van der Waals surface area contributed by atoms with E-state index in [9.17, 15) is 24.0 Å². The lowest BCUT2D eigenvalue weighted by Crippen LogP contribution is -2.43. The zero-order valence-corrected chi connectivity index (χ0v) is 29.4. The molecule has 0 aliphatic carbocycles. The summed E-state index contributed by atoms with van der Waals surface area (Å²) in [5, 5.41) is 4.79. The van der Waals surface area contributed by atoms with Crippen LogP contribution in [0, 0.1) is 0 Å². The van der Waals surface area contributed by atoms with Gasteiger partial charge in [-0.3, -0.25) is 29.3 Å². The van der Waals surface area contributed by atoms with E-state index in [1.807, 2.05) is 54.6 Å². The third kappa shape index (κ3) is 8.35. The van der Waals surface area contributed by atoms with E-state index in [2.05, 4.69) is 28.8 Å². The average molecular weight is 722 g/mol. The molecule has 0 saturated carbocycles. The molecule has 10 heteroatoms. The Kier molecular flexibility index (Phi) is 10.7. The highest BCUT2D eigenvalue weighted by Crippen LogP contribution is 2.28. The lowest BCUT2D eigenvalue weighted by atomic mass is 10.0. The average Bonchev–Trinajstić information content (AvgIpc) is 3.77. The van der Waals surface area contributed by atoms with Crippen LogP contribution in [0.15, 0.2) is 138 Å². The SMILES string of the molecule is O=C1NC(=O)/C(=C\c2ccc(C(=O)NC[C@@H]3C[C@@H](OCc4ccccc4-c4ccccc4)CN3C(=O)c3ccc(C(=O)c4ccccc4)cc3)cc2)S1. The zero-order chi connectivity index (χ0) is 36.7. The van der Waals surface area contributed by atoms with Crippen molar-refractivity contribution < 1.29 is 28.7 Å². The summed E-state index contributed by atoms with van der Waals surface area (Å²) in [7, 11) is 0. The highest BCUT2D eigenvalue weighted by molar-refractivity contribution is 8.18. The summed E-state index contributed by atoms with van der Waals surface area (Å²) in [5.74, 6) is -1.11. The molecule has 264 valence electrons. The van der Waals surface area contributed by atoms with E-state index >= 15 is 0 Å². The van der Waals surface area contributed by atoms with Crippen molar-refractivity contribution in [3.05, 3.63) is 172 Å². The van der Waals surface area contributed by atoms with Gasteiger partial charge in [-0.2, -0.15) is 0 Å². The minimum atomic E-state index is -0.447. The van der Waals surface area contributed by atoms with Crippen LogP contribution in [-0.2, 0) is 16.1 Å². The number of benzene rings is 5. The van der Waals surface area contributed by atoms with E-state index < -0.39 is 11.1 Å². The van der Waals surface area contributed by atoms with Crippen molar-refractivity contribution >= 4 is 46.6 Å². The molecule has 0 bridgehead atoms. The Balaban J connectivity index is 1.05. The second-order valence-electron chi connectivity index (χ2n) is 12.8. The minimum Gasteiger partial charge on any atom is -0.372 e. The Morgan fingerprint density at radius 3 is 2.08 bits per heavy atom. The summed E-state index contributed by atoms with van der Waals surface area (Å²) < 4.78 is 6.46. The molecule has 0 unspecified atom stereocenters. The quantitative estimate of drug-likeness (QED) is 0.110. The molecule has 2 aliphatic heterocycles. The van der Waals surface area contributed by atoms with Gasteiger partial charge in [0.05, 0.1) is 23.7 Å². The normalized spacial score (nSPS) is 17.5. The van der Waals surface area contributed by atoms with Crippen LogP contribution in [0.25, 0.3) is 17.2 Å². The van der Waals surface area contributed by atoms with Crippen molar-refractivity contribution in [1.29, 1.82) is 0 Å². The molecule has 2 heterocycles. The lowest BCUT2D eigenvalue weighted by molar-refractivity contribution is -0.115. The van der Waals surface area contributed by atoms with Crippen molar-refractivity contribution in [2.75, 3.05) is 13.1 Å². The monoisotopic (exact) mass is 721 g/mol. The number of imide groups is 1. The summed E-state index contributed by atoms with van der Waals surface area (Å²) in [6, 6.07) is 40.2. The molecule has 5 aromatic rings. The molecule has 2 N–H and O–H groups in total. The molecule has 2 saturated heterocycles. The number of nitrogens with zero attached hydrogens (tertiary/aromatic N) is 1. The number of likely N-dealkylation sites (tertiary alicyclic amines) is 1. The van der Waals surface area contributed by atoms with Gasteiger partial charge in [0.1, 0.15) is 0 Å². The van der Waals surface area contributed by atoms with E-state index in [1.165, 1.54) is 0 Å². The van der Waals surface area contributed by atoms with E-state index in [4.69, 9.17) is 4.74 Å². The third-order valence-corrected chi connectivity index (χ3v) is 10.1. The Morgan fingerprint density at radius 1 is 0.755 bits per heavy atom. The summed E-state index contributed by atoms with van der Waals surface area (Å²) in [6.45, 7) is 0.874. The smallest absolute Gasteiger partial charge is 0.290 e. The van der Waals surface area contributed by atoms with Crippen molar-refractivity contribution in [2.24, 2.45) is 0 Å². The molecule has 2 atom stereocenters. The van der Waals surface area contributed by atoms with Gasteiger partial charge in [-0.1, -0.05) is 109 Å². The molecule has 0 radical (unpaired) electrons. The van der Waals surface area contributed by atoms with Gasteiger partial charge in [-0.25, -0.2) is 0 Å². The number of thioether (sulfide) groups is 1. The fourth-order valence-corrected chi connectivity index (χ4v) is 7.17. The van der Waals surface area contributed by atoms with Crippen LogP contribution in [0.5, 0.6) is 0 Å². The number of hydrogen-bond acceptors (Lipinski definition) is 7. The Hall–Kier alpha value is -6.10. The summed E-state index contributed by atoms with van der Waals surface area (Å²) in [4.78, 5) is 65.7. The summed E-state index contributed by atoms with van der Waals surface area (Å²) in [6.07, 6.45) is 1.82. The largest absolute Gasteiger partial charge is 0.372 e. The van der Waals surface area contributed by atoms with Crippen LogP contribution < -0.4 is 10.6 Å². The number of ether oxygens (including phenoxy) is 1. The molecule has 0 spiro atoms. The molecular weight excluding hydrogens is 687 g/mol. The topological polar surface area (TPSA) is 122 Å². The zero-order valence-electron chi connectivity index (χ0n) is 28.6. The van der Waals surface area contributed by atoms with Crippen molar-refractivity contribution in [3.8, 4) is 11.1 Å². The maximum Gasteiger partial charge on any atom is 0.290 e. The Labute approximate surface area is 311 Å². The highest BCUT2D eigenvalue weighted by atomic mass is 32.2. The number of nitrogens with one attached hydrogen (secondary N) is 2. The number of hydrogen-bond donors (Lipinski definition) is 2. The maximum absolute atomic E-state index is 14.0. The summed E-state index contributed by atoms with van der Waals surface area (Å²) in [5.41, 5.74) is 5.77. The number of amides is 4. The molecule has 9 nitrogen and oxygen atoms in total. The van der Waals surface area contributed by atoms with Gasteiger partial charge in [-0.05, 0) is 70.8 Å². The van der Waals surface area contributed by atoms with Gasteiger partial charge in [-0.15, -0.1) is 0 Å². The van der Waals surface area contributed by atoms with Gasteiger partial charge in [0.2, 0.25) is 0 Å². The van der Waals surface area contributed by atoms with Gasteiger partial charge >= 0.3 is 0 Å². The first kappa shape index (κ1) is 35.3. The third-order valence-electron chi connectivity index (χ3n) is 9.25. The number of carbonyl (C=O) groups is 5. The van der Waals surface area contributed by atoms with Crippen molar-refractivity contribution in [3.63, 3.8) is 0 Å². The highest BCUT2D eigenvalue weighted by Gasteiger charge is 2.36. The predicted octanol–water partition coefficient (Wildman–Crippen LogP) is 7.14. The molecule has 0 aromatic heterocycles. The van der Waals surface area contributed by atoms with E-state index in [-0.39, 0.29) is 41.2 Å². The maximum atomic E-state index is 14.0. The van der Waals surface area contributed by atoms with Gasteiger partial charge in [0.25, 0.3) is 23.0 Å². The fourth-order valence-electron chi connectivity index (χ4n) is 6.49. The molecule has 7 rings (SSSR count).